The van der Waals surface area contributed by atoms with Crippen LogP contribution in [0.2, 0.25) is 0 Å². The molecule has 0 aliphatic rings. The Morgan fingerprint density at radius 1 is 1.39 bits per heavy atom. The van der Waals surface area contributed by atoms with Gasteiger partial charge in [0.25, 0.3) is 0 Å². The van der Waals surface area contributed by atoms with Crippen LogP contribution in [0.5, 0.6) is 0 Å². The highest BCUT2D eigenvalue weighted by atomic mass is 33.1. The first-order valence-electron chi connectivity index (χ1n) is 6.84. The SMILES string of the molecule is CSSC(C=CC(NC(=O)OC(C)(C)C)C(=O)OCC#N)CN. The molecule has 0 aromatic rings. The minimum absolute atomic E-state index is 0.0169. The van der Waals surface area contributed by atoms with E-state index < -0.39 is 23.7 Å². The van der Waals surface area contributed by atoms with Gasteiger partial charge in [0.2, 0.25) is 0 Å². The van der Waals surface area contributed by atoms with Gasteiger partial charge in [-0.15, -0.1) is 0 Å². The van der Waals surface area contributed by atoms with Crippen molar-refractivity contribution in [1.29, 1.82) is 5.26 Å². The van der Waals surface area contributed by atoms with Gasteiger partial charge in [0.05, 0.1) is 0 Å². The van der Waals surface area contributed by atoms with Gasteiger partial charge in [0, 0.05) is 11.8 Å². The van der Waals surface area contributed by atoms with Gasteiger partial charge in [-0.25, -0.2) is 9.59 Å². The van der Waals surface area contributed by atoms with Gasteiger partial charge in [-0.3, -0.25) is 0 Å². The number of carbonyl (C=O) groups is 2. The Kier molecular flexibility index (Phi) is 10.5. The summed E-state index contributed by atoms with van der Waals surface area (Å²) >= 11 is 0. The Morgan fingerprint density at radius 2 is 2.04 bits per heavy atom. The van der Waals surface area contributed by atoms with Gasteiger partial charge in [-0.2, -0.15) is 5.26 Å². The molecule has 0 aromatic heterocycles. The van der Waals surface area contributed by atoms with Crippen LogP contribution in [0, 0.1) is 11.3 Å². The molecule has 0 aromatic carbocycles. The highest BCUT2D eigenvalue weighted by Crippen LogP contribution is 2.23. The zero-order valence-electron chi connectivity index (χ0n) is 13.7. The fourth-order valence-corrected chi connectivity index (χ4v) is 2.97. The second-order valence-electron chi connectivity index (χ2n) is 5.31. The number of alkyl carbamates (subject to hydrolysis) is 1. The summed E-state index contributed by atoms with van der Waals surface area (Å²) < 4.78 is 9.86. The quantitative estimate of drug-likeness (QED) is 0.382. The highest BCUT2D eigenvalue weighted by Gasteiger charge is 2.23. The predicted octanol–water partition coefficient (Wildman–Crippen LogP) is 1.84. The predicted molar refractivity (Wildman–Crippen MR) is 92.8 cm³/mol. The maximum absolute atomic E-state index is 11.9. The third-order valence-electron chi connectivity index (χ3n) is 2.18. The van der Waals surface area contributed by atoms with Gasteiger partial charge in [-0.1, -0.05) is 33.7 Å². The van der Waals surface area contributed by atoms with E-state index >= 15 is 0 Å². The number of rotatable bonds is 8. The topological polar surface area (TPSA) is 114 Å². The number of hydrogen-bond acceptors (Lipinski definition) is 8. The largest absolute Gasteiger partial charge is 0.448 e. The monoisotopic (exact) mass is 361 g/mol. The van der Waals surface area contributed by atoms with Crippen LogP contribution in [0.3, 0.4) is 0 Å². The number of nitrogens with one attached hydrogen (secondary N) is 1. The number of carbonyl (C=O) groups excluding carboxylic acids is 2. The van der Waals surface area contributed by atoms with E-state index in [-0.39, 0.29) is 11.9 Å². The molecule has 0 fully saturated rings. The number of ether oxygens (including phenoxy) is 2. The maximum atomic E-state index is 11.9. The standard InChI is InChI=1S/C14H23N3O4S2/c1-14(2,3)21-13(19)17-11(12(18)20-8-7-15)6-5-10(9-16)23-22-4/h5-6,10-11H,8-9,16H2,1-4H3,(H,17,19). The first-order chi connectivity index (χ1) is 10.7. The van der Waals surface area contributed by atoms with Crippen LogP contribution in [0.4, 0.5) is 4.79 Å². The number of nitrogens with two attached hydrogens (primary N) is 1. The van der Waals surface area contributed by atoms with Crippen molar-refractivity contribution in [3.05, 3.63) is 12.2 Å². The summed E-state index contributed by atoms with van der Waals surface area (Å²) in [5.41, 5.74) is 4.94. The molecule has 0 bridgehead atoms. The zero-order valence-corrected chi connectivity index (χ0v) is 15.3. The molecule has 7 nitrogen and oxygen atoms in total. The van der Waals surface area contributed by atoms with E-state index in [0.717, 1.165) is 0 Å². The van der Waals surface area contributed by atoms with Gasteiger partial charge in [0.15, 0.2) is 6.61 Å². The van der Waals surface area contributed by atoms with Crippen molar-refractivity contribution in [2.75, 3.05) is 19.4 Å². The van der Waals surface area contributed by atoms with Crippen LogP contribution in [0.1, 0.15) is 20.8 Å². The molecule has 0 heterocycles. The van der Waals surface area contributed by atoms with Crippen molar-refractivity contribution < 1.29 is 19.1 Å². The van der Waals surface area contributed by atoms with Gasteiger partial charge >= 0.3 is 12.1 Å². The van der Waals surface area contributed by atoms with Gasteiger partial charge in [0.1, 0.15) is 17.7 Å². The molecule has 130 valence electrons. The van der Waals surface area contributed by atoms with Crippen LogP contribution in [-0.4, -0.2) is 48.4 Å². The summed E-state index contributed by atoms with van der Waals surface area (Å²) in [6, 6.07) is 0.656. The van der Waals surface area contributed by atoms with E-state index in [2.05, 4.69) is 5.32 Å². The van der Waals surface area contributed by atoms with E-state index in [4.69, 9.17) is 20.5 Å². The second-order valence-corrected chi connectivity index (χ2v) is 8.02. The fraction of sp³-hybridized carbons (Fsp3) is 0.643. The normalized spacial score (nSPS) is 13.9. The molecule has 9 heteroatoms. The van der Waals surface area contributed by atoms with Crippen molar-refractivity contribution in [2.24, 2.45) is 5.73 Å². The summed E-state index contributed by atoms with van der Waals surface area (Å²) in [7, 11) is 3.08. The van der Waals surface area contributed by atoms with Crippen molar-refractivity contribution in [3.63, 3.8) is 0 Å². The van der Waals surface area contributed by atoms with Gasteiger partial charge in [-0.05, 0) is 27.0 Å². The highest BCUT2D eigenvalue weighted by molar-refractivity contribution is 8.76. The fourth-order valence-electron chi connectivity index (χ4n) is 1.32. The summed E-state index contributed by atoms with van der Waals surface area (Å²) in [4.78, 5) is 23.7. The maximum Gasteiger partial charge on any atom is 0.408 e. The molecule has 3 N–H and O–H groups in total. The molecule has 0 rings (SSSR count). The minimum Gasteiger partial charge on any atom is -0.448 e. The summed E-state index contributed by atoms with van der Waals surface area (Å²) in [5, 5.41) is 10.9. The molecule has 0 aliphatic heterocycles. The van der Waals surface area contributed by atoms with Gasteiger partial charge < -0.3 is 20.5 Å². The molecule has 1 amide bonds. The molecular formula is C14H23N3O4S2. The van der Waals surface area contributed by atoms with E-state index in [1.165, 1.54) is 16.9 Å². The average Bonchev–Trinajstić information content (AvgIpc) is 2.45. The lowest BCUT2D eigenvalue weighted by Gasteiger charge is -2.21. The number of nitriles is 1. The first-order valence-corrected chi connectivity index (χ1v) is 9.46. The summed E-state index contributed by atoms with van der Waals surface area (Å²) in [6.07, 6.45) is 4.38. The third-order valence-corrected chi connectivity index (χ3v) is 4.28. The smallest absolute Gasteiger partial charge is 0.408 e. The van der Waals surface area contributed by atoms with E-state index in [1.807, 2.05) is 6.26 Å². The number of nitrogens with zero attached hydrogens (tertiary/aromatic N) is 1. The van der Waals surface area contributed by atoms with Crippen LogP contribution in [0.15, 0.2) is 12.2 Å². The van der Waals surface area contributed by atoms with E-state index in [1.54, 1.807) is 43.7 Å². The molecule has 0 saturated carbocycles. The van der Waals surface area contributed by atoms with Crippen LogP contribution < -0.4 is 11.1 Å². The Hall–Kier alpha value is -1.37. The third kappa shape index (κ3) is 10.9. The van der Waals surface area contributed by atoms with E-state index in [0.29, 0.717) is 6.54 Å². The average molecular weight is 361 g/mol. The van der Waals surface area contributed by atoms with Crippen molar-refractivity contribution in [3.8, 4) is 6.07 Å². The molecule has 0 radical (unpaired) electrons. The molecule has 0 spiro atoms. The molecule has 2 unspecified atom stereocenters. The van der Waals surface area contributed by atoms with Crippen LogP contribution in [0.25, 0.3) is 0 Å². The minimum atomic E-state index is -1.05. The molecule has 23 heavy (non-hydrogen) atoms. The molecule has 2 atom stereocenters. The van der Waals surface area contributed by atoms with Crippen LogP contribution in [-0.2, 0) is 14.3 Å². The van der Waals surface area contributed by atoms with Crippen molar-refractivity contribution in [1.82, 2.24) is 5.32 Å². The lowest BCUT2D eigenvalue weighted by Crippen LogP contribution is -2.43. The van der Waals surface area contributed by atoms with Crippen LogP contribution >= 0.6 is 21.6 Å². The second kappa shape index (κ2) is 11.2. The Balaban J connectivity index is 4.94. The van der Waals surface area contributed by atoms with E-state index in [9.17, 15) is 9.59 Å². The summed E-state index contributed by atoms with van der Waals surface area (Å²) in [6.45, 7) is 5.13. The number of hydrogen-bond donors (Lipinski definition) is 2. The Morgan fingerprint density at radius 3 is 2.52 bits per heavy atom. The number of esters is 1. The molecule has 0 saturated heterocycles. The first kappa shape index (κ1) is 21.6. The lowest BCUT2D eigenvalue weighted by atomic mass is 10.2. The lowest BCUT2D eigenvalue weighted by molar-refractivity contribution is -0.143. The van der Waals surface area contributed by atoms with Crippen molar-refractivity contribution in [2.45, 2.75) is 37.7 Å². The molecular weight excluding hydrogens is 338 g/mol. The molecule has 0 aliphatic carbocycles. The van der Waals surface area contributed by atoms with Crippen molar-refractivity contribution >= 4 is 33.7 Å². The Labute approximate surface area is 144 Å². The summed E-state index contributed by atoms with van der Waals surface area (Å²) in [5.74, 6) is -0.737. The number of amides is 1. The Bertz CT molecular complexity index is 458. The zero-order chi connectivity index (χ0) is 17.9.